The van der Waals surface area contributed by atoms with E-state index in [0.29, 0.717) is 6.42 Å². The first-order valence-electron chi connectivity index (χ1n) is 8.61. The van der Waals surface area contributed by atoms with Crippen LogP contribution in [0.4, 0.5) is 4.79 Å². The molecule has 0 aliphatic carbocycles. The van der Waals surface area contributed by atoms with Crippen molar-refractivity contribution in [2.24, 2.45) is 0 Å². The van der Waals surface area contributed by atoms with Crippen LogP contribution in [0.1, 0.15) is 54.4 Å². The Morgan fingerprint density at radius 1 is 1.42 bits per heavy atom. The minimum atomic E-state index is -0.927. The van der Waals surface area contributed by atoms with Crippen molar-refractivity contribution in [1.82, 2.24) is 9.80 Å². The zero-order chi connectivity index (χ0) is 18.4. The second kappa shape index (κ2) is 6.19. The molecular formula is C17H30N2O5. The van der Waals surface area contributed by atoms with Gasteiger partial charge < -0.3 is 19.8 Å². The van der Waals surface area contributed by atoms with E-state index in [-0.39, 0.29) is 24.6 Å². The van der Waals surface area contributed by atoms with E-state index >= 15 is 0 Å². The lowest BCUT2D eigenvalue weighted by Gasteiger charge is -2.59. The maximum absolute atomic E-state index is 13.0. The van der Waals surface area contributed by atoms with E-state index in [9.17, 15) is 19.8 Å². The van der Waals surface area contributed by atoms with Crippen LogP contribution >= 0.6 is 0 Å². The summed E-state index contributed by atoms with van der Waals surface area (Å²) >= 11 is 0. The summed E-state index contributed by atoms with van der Waals surface area (Å²) < 4.78 is 5.51. The normalized spacial score (nSPS) is 32.8. The summed E-state index contributed by atoms with van der Waals surface area (Å²) in [5.74, 6) is -0.217. The van der Waals surface area contributed by atoms with E-state index < -0.39 is 29.4 Å². The molecule has 2 saturated heterocycles. The molecule has 2 heterocycles. The van der Waals surface area contributed by atoms with Gasteiger partial charge in [0.1, 0.15) is 11.1 Å². The summed E-state index contributed by atoms with van der Waals surface area (Å²) in [5.41, 5.74) is -1.56. The van der Waals surface area contributed by atoms with E-state index in [0.717, 1.165) is 6.42 Å². The summed E-state index contributed by atoms with van der Waals surface area (Å²) in [6, 6.07) is -1.03. The Labute approximate surface area is 143 Å². The molecule has 5 atom stereocenters. The SMILES string of the molecule is CC(O)[C@H](CO)N1C(=O)C2(CCC(C)N2C(=O)OC(C)(C)C)C1C. The number of ether oxygens (including phenoxy) is 1. The highest BCUT2D eigenvalue weighted by molar-refractivity contribution is 5.98. The fourth-order valence-corrected chi connectivity index (χ4v) is 4.00. The first-order valence-corrected chi connectivity index (χ1v) is 8.61. The maximum atomic E-state index is 13.0. The van der Waals surface area contributed by atoms with Crippen LogP contribution in [0.5, 0.6) is 0 Å². The standard InChI is InChI=1S/C17H30N2O5/c1-10-7-8-17(19(10)15(23)24-16(4,5)6)12(3)18(14(17)22)13(9-20)11(2)21/h10-13,20-21H,7-9H2,1-6H3/t10?,11?,12?,13-,17?/m0/s1. The molecule has 0 aromatic heterocycles. The quantitative estimate of drug-likeness (QED) is 0.750. The Kier molecular flexibility index (Phi) is 4.89. The Morgan fingerprint density at radius 2 is 2.00 bits per heavy atom. The number of nitrogens with zero attached hydrogens (tertiary/aromatic N) is 2. The number of hydrogen-bond donors (Lipinski definition) is 2. The number of aliphatic hydroxyl groups is 2. The Balaban J connectivity index is 2.29. The van der Waals surface area contributed by atoms with Crippen LogP contribution < -0.4 is 0 Å². The first-order chi connectivity index (χ1) is 11.0. The number of hydrogen-bond acceptors (Lipinski definition) is 5. The third-order valence-corrected chi connectivity index (χ3v) is 5.22. The molecule has 24 heavy (non-hydrogen) atoms. The Hall–Kier alpha value is -1.34. The van der Waals surface area contributed by atoms with E-state index in [1.165, 1.54) is 4.90 Å². The third-order valence-electron chi connectivity index (χ3n) is 5.22. The van der Waals surface area contributed by atoms with Crippen LogP contribution in [-0.4, -0.2) is 74.0 Å². The van der Waals surface area contributed by atoms with E-state index in [4.69, 9.17) is 4.74 Å². The molecule has 2 aliphatic heterocycles. The molecule has 7 nitrogen and oxygen atoms in total. The summed E-state index contributed by atoms with van der Waals surface area (Å²) in [6.45, 7) is 10.4. The lowest BCUT2D eigenvalue weighted by molar-refractivity contribution is -0.184. The van der Waals surface area contributed by atoms with Gasteiger partial charge in [-0.3, -0.25) is 9.69 Å². The molecule has 138 valence electrons. The molecular weight excluding hydrogens is 312 g/mol. The van der Waals surface area contributed by atoms with Crippen LogP contribution in [-0.2, 0) is 9.53 Å². The van der Waals surface area contributed by atoms with E-state index in [1.54, 1.807) is 32.6 Å². The van der Waals surface area contributed by atoms with Crippen molar-refractivity contribution in [3.63, 3.8) is 0 Å². The minimum absolute atomic E-state index is 0.0903. The Morgan fingerprint density at radius 3 is 2.42 bits per heavy atom. The first kappa shape index (κ1) is 19.0. The predicted octanol–water partition coefficient (Wildman–Crippen LogP) is 1.12. The lowest BCUT2D eigenvalue weighted by atomic mass is 9.76. The van der Waals surface area contributed by atoms with Gasteiger partial charge in [-0.2, -0.15) is 0 Å². The molecule has 2 N–H and O–H groups in total. The van der Waals surface area contributed by atoms with Crippen molar-refractivity contribution in [3.8, 4) is 0 Å². The van der Waals surface area contributed by atoms with Gasteiger partial charge in [0.05, 0.1) is 24.8 Å². The van der Waals surface area contributed by atoms with Crippen LogP contribution in [0.25, 0.3) is 0 Å². The van der Waals surface area contributed by atoms with Crippen molar-refractivity contribution < 1.29 is 24.5 Å². The number of carbonyl (C=O) groups is 2. The smallest absolute Gasteiger partial charge is 0.411 e. The molecule has 2 rings (SSSR count). The van der Waals surface area contributed by atoms with Gasteiger partial charge in [-0.15, -0.1) is 0 Å². The van der Waals surface area contributed by atoms with Crippen LogP contribution in [0.15, 0.2) is 0 Å². The van der Waals surface area contributed by atoms with Crippen molar-refractivity contribution in [2.75, 3.05) is 6.61 Å². The minimum Gasteiger partial charge on any atom is -0.444 e. The number of aliphatic hydroxyl groups excluding tert-OH is 2. The number of rotatable bonds is 3. The summed E-state index contributed by atoms with van der Waals surface area (Å²) in [5, 5.41) is 19.4. The monoisotopic (exact) mass is 342 g/mol. The van der Waals surface area contributed by atoms with Crippen LogP contribution in [0.3, 0.4) is 0 Å². The topological polar surface area (TPSA) is 90.3 Å². The second-order valence-electron chi connectivity index (χ2n) is 8.04. The average molecular weight is 342 g/mol. The van der Waals surface area contributed by atoms with Gasteiger partial charge in [-0.25, -0.2) is 4.79 Å². The van der Waals surface area contributed by atoms with E-state index in [1.807, 2.05) is 13.8 Å². The van der Waals surface area contributed by atoms with Crippen LogP contribution in [0, 0.1) is 0 Å². The fraction of sp³-hybridized carbons (Fsp3) is 0.882. The maximum Gasteiger partial charge on any atom is 0.411 e. The highest BCUT2D eigenvalue weighted by atomic mass is 16.6. The highest BCUT2D eigenvalue weighted by Gasteiger charge is 2.68. The van der Waals surface area contributed by atoms with Crippen molar-refractivity contribution in [1.29, 1.82) is 0 Å². The van der Waals surface area contributed by atoms with Crippen molar-refractivity contribution >= 4 is 12.0 Å². The zero-order valence-electron chi connectivity index (χ0n) is 15.4. The number of amides is 2. The largest absolute Gasteiger partial charge is 0.444 e. The molecule has 4 unspecified atom stereocenters. The molecule has 0 radical (unpaired) electrons. The third kappa shape index (κ3) is 2.77. The number of likely N-dealkylation sites (tertiary alicyclic amines) is 2. The van der Waals surface area contributed by atoms with Crippen molar-refractivity contribution in [2.45, 2.75) is 89.8 Å². The average Bonchev–Trinajstić information content (AvgIpc) is 2.81. The predicted molar refractivity (Wildman–Crippen MR) is 88.4 cm³/mol. The summed E-state index contributed by atoms with van der Waals surface area (Å²) in [4.78, 5) is 28.7. The van der Waals surface area contributed by atoms with Gasteiger partial charge in [-0.1, -0.05) is 0 Å². The fourth-order valence-electron chi connectivity index (χ4n) is 4.00. The zero-order valence-corrected chi connectivity index (χ0v) is 15.4. The van der Waals surface area contributed by atoms with Gasteiger partial charge in [0.25, 0.3) is 5.91 Å². The molecule has 2 amide bonds. The molecule has 2 aliphatic rings. The van der Waals surface area contributed by atoms with Gasteiger partial charge in [0, 0.05) is 6.04 Å². The van der Waals surface area contributed by atoms with Gasteiger partial charge in [-0.05, 0) is 54.4 Å². The highest BCUT2D eigenvalue weighted by Crippen LogP contribution is 2.48. The van der Waals surface area contributed by atoms with E-state index in [2.05, 4.69) is 0 Å². The second-order valence-corrected chi connectivity index (χ2v) is 8.04. The molecule has 0 aromatic carbocycles. The summed E-state index contributed by atoms with van der Waals surface area (Å²) in [6.07, 6.45) is -0.0266. The molecule has 7 heteroatoms. The van der Waals surface area contributed by atoms with Gasteiger partial charge >= 0.3 is 6.09 Å². The number of β-lactam (4-membered cyclic amide) rings is 1. The molecule has 0 saturated carbocycles. The molecule has 1 spiro atoms. The van der Waals surface area contributed by atoms with Gasteiger partial charge in [0.15, 0.2) is 0 Å². The van der Waals surface area contributed by atoms with Gasteiger partial charge in [0.2, 0.25) is 0 Å². The van der Waals surface area contributed by atoms with Crippen LogP contribution in [0.2, 0.25) is 0 Å². The number of carbonyl (C=O) groups excluding carboxylic acids is 2. The van der Waals surface area contributed by atoms with Crippen molar-refractivity contribution in [3.05, 3.63) is 0 Å². The molecule has 0 bridgehead atoms. The molecule has 0 aromatic rings. The lowest BCUT2D eigenvalue weighted by Crippen LogP contribution is -2.81. The summed E-state index contributed by atoms with van der Waals surface area (Å²) in [7, 11) is 0. The Bertz CT molecular complexity index is 516. The molecule has 2 fully saturated rings.